The number of esters is 1. The molecule has 0 radical (unpaired) electrons. The van der Waals surface area contributed by atoms with Gasteiger partial charge in [0.1, 0.15) is 17.0 Å². The first-order chi connectivity index (χ1) is 8.37. The number of hydrogen-bond acceptors (Lipinski definition) is 5. The largest absolute Gasteiger partial charge is 0.455 e. The van der Waals surface area contributed by atoms with Gasteiger partial charge in [-0.25, -0.2) is 4.79 Å². The van der Waals surface area contributed by atoms with Crippen LogP contribution >= 0.6 is 0 Å². The third-order valence-electron chi connectivity index (χ3n) is 2.10. The van der Waals surface area contributed by atoms with Gasteiger partial charge in [-0.3, -0.25) is 4.68 Å². The summed E-state index contributed by atoms with van der Waals surface area (Å²) in [7, 11) is 1.79. The zero-order chi connectivity index (χ0) is 13.3. The number of nitrogens with zero attached hydrogens (tertiary/aromatic N) is 4. The zero-order valence-corrected chi connectivity index (χ0v) is 10.8. The first kappa shape index (κ1) is 12.3. The van der Waals surface area contributed by atoms with Crippen molar-refractivity contribution in [3.05, 3.63) is 18.0 Å². The number of aromatic nitrogens is 5. The number of aromatic amines is 1. The Kier molecular flexibility index (Phi) is 2.90. The molecule has 0 fully saturated rings. The van der Waals surface area contributed by atoms with Gasteiger partial charge in [0.2, 0.25) is 0 Å². The Bertz CT molecular complexity index is 564. The SMILES string of the molecule is Cn1ccc(-c2n[nH]nc2C(=O)OC(C)(C)C)n1. The number of ether oxygens (including phenoxy) is 1. The van der Waals surface area contributed by atoms with Crippen molar-refractivity contribution in [1.82, 2.24) is 25.2 Å². The van der Waals surface area contributed by atoms with Gasteiger partial charge in [-0.05, 0) is 26.8 Å². The van der Waals surface area contributed by atoms with E-state index in [0.717, 1.165) is 0 Å². The molecule has 7 nitrogen and oxygen atoms in total. The molecule has 0 spiro atoms. The molecule has 0 aliphatic carbocycles. The standard InChI is InChI=1S/C11H15N5O2/c1-11(2,3)18-10(17)9-8(12-15-13-9)7-5-6-16(4)14-7/h5-6H,1-4H3,(H,12,13,15). The number of carbonyl (C=O) groups is 1. The van der Waals surface area contributed by atoms with Crippen LogP contribution in [-0.4, -0.2) is 36.8 Å². The third-order valence-corrected chi connectivity index (χ3v) is 2.10. The number of nitrogens with one attached hydrogen (secondary N) is 1. The predicted molar refractivity (Wildman–Crippen MR) is 63.8 cm³/mol. The maximum atomic E-state index is 11.9. The second kappa shape index (κ2) is 4.25. The molecule has 2 aromatic heterocycles. The lowest BCUT2D eigenvalue weighted by Crippen LogP contribution is -2.24. The molecule has 0 aliphatic rings. The van der Waals surface area contributed by atoms with Gasteiger partial charge in [0.25, 0.3) is 0 Å². The molecule has 2 rings (SSSR count). The van der Waals surface area contributed by atoms with E-state index in [-0.39, 0.29) is 5.69 Å². The summed E-state index contributed by atoms with van der Waals surface area (Å²) in [6.07, 6.45) is 1.77. The summed E-state index contributed by atoms with van der Waals surface area (Å²) in [5.41, 5.74) is 0.540. The Morgan fingerprint density at radius 2 is 2.11 bits per heavy atom. The van der Waals surface area contributed by atoms with Crippen LogP contribution in [0, 0.1) is 0 Å². The van der Waals surface area contributed by atoms with E-state index in [1.54, 1.807) is 44.8 Å². The van der Waals surface area contributed by atoms with Crippen LogP contribution in [0.2, 0.25) is 0 Å². The van der Waals surface area contributed by atoms with Crippen LogP contribution in [0.1, 0.15) is 31.3 Å². The van der Waals surface area contributed by atoms with Gasteiger partial charge in [-0.15, -0.1) is 5.10 Å². The van der Waals surface area contributed by atoms with Crippen molar-refractivity contribution in [2.75, 3.05) is 0 Å². The van der Waals surface area contributed by atoms with Gasteiger partial charge in [0.15, 0.2) is 5.69 Å². The second-order valence-corrected chi connectivity index (χ2v) is 4.90. The number of rotatable bonds is 2. The van der Waals surface area contributed by atoms with E-state index in [4.69, 9.17) is 4.74 Å². The van der Waals surface area contributed by atoms with Gasteiger partial charge < -0.3 is 4.74 Å². The van der Waals surface area contributed by atoms with E-state index in [1.807, 2.05) is 0 Å². The Labute approximate surface area is 104 Å². The van der Waals surface area contributed by atoms with E-state index >= 15 is 0 Å². The molecule has 0 amide bonds. The molecule has 1 N–H and O–H groups in total. The highest BCUT2D eigenvalue weighted by Crippen LogP contribution is 2.19. The summed E-state index contributed by atoms with van der Waals surface area (Å²) in [6.45, 7) is 5.39. The van der Waals surface area contributed by atoms with Gasteiger partial charge >= 0.3 is 5.97 Å². The van der Waals surface area contributed by atoms with Crippen LogP contribution in [-0.2, 0) is 11.8 Å². The monoisotopic (exact) mass is 249 g/mol. The quantitative estimate of drug-likeness (QED) is 0.807. The Hall–Kier alpha value is -2.18. The number of H-pyrrole nitrogens is 1. The first-order valence-corrected chi connectivity index (χ1v) is 5.51. The number of carbonyl (C=O) groups excluding carboxylic acids is 1. The minimum Gasteiger partial charge on any atom is -0.455 e. The van der Waals surface area contributed by atoms with Crippen molar-refractivity contribution in [2.45, 2.75) is 26.4 Å². The van der Waals surface area contributed by atoms with Crippen LogP contribution in [0.3, 0.4) is 0 Å². The maximum absolute atomic E-state index is 11.9. The molecule has 0 bridgehead atoms. The Balaban J connectivity index is 2.31. The average Bonchev–Trinajstić information content (AvgIpc) is 2.81. The summed E-state index contributed by atoms with van der Waals surface area (Å²) in [5.74, 6) is -0.517. The molecular weight excluding hydrogens is 234 g/mol. The van der Waals surface area contributed by atoms with Crippen molar-refractivity contribution >= 4 is 5.97 Å². The van der Waals surface area contributed by atoms with E-state index in [2.05, 4.69) is 20.5 Å². The smallest absolute Gasteiger partial charge is 0.361 e. The molecule has 0 atom stereocenters. The van der Waals surface area contributed by atoms with E-state index in [0.29, 0.717) is 11.4 Å². The summed E-state index contributed by atoms with van der Waals surface area (Å²) in [5, 5.41) is 14.4. The molecule has 2 heterocycles. The topological polar surface area (TPSA) is 85.7 Å². The molecule has 0 aromatic carbocycles. The summed E-state index contributed by atoms with van der Waals surface area (Å²) in [6, 6.07) is 1.76. The van der Waals surface area contributed by atoms with Gasteiger partial charge in [-0.1, -0.05) is 0 Å². The summed E-state index contributed by atoms with van der Waals surface area (Å²) >= 11 is 0. The van der Waals surface area contributed by atoms with Gasteiger partial charge in [0.05, 0.1) is 0 Å². The highest BCUT2D eigenvalue weighted by atomic mass is 16.6. The van der Waals surface area contributed by atoms with Crippen molar-refractivity contribution in [3.63, 3.8) is 0 Å². The second-order valence-electron chi connectivity index (χ2n) is 4.90. The molecular formula is C11H15N5O2. The van der Waals surface area contributed by atoms with Crippen molar-refractivity contribution in [3.8, 4) is 11.4 Å². The Morgan fingerprint density at radius 3 is 2.67 bits per heavy atom. The first-order valence-electron chi connectivity index (χ1n) is 5.51. The summed E-state index contributed by atoms with van der Waals surface area (Å²) in [4.78, 5) is 11.9. The van der Waals surface area contributed by atoms with Crippen molar-refractivity contribution < 1.29 is 9.53 Å². The number of aryl methyl sites for hydroxylation is 1. The van der Waals surface area contributed by atoms with Crippen LogP contribution in [0.4, 0.5) is 0 Å². The fraction of sp³-hybridized carbons (Fsp3) is 0.455. The molecule has 7 heteroatoms. The molecule has 18 heavy (non-hydrogen) atoms. The molecule has 0 saturated heterocycles. The lowest BCUT2D eigenvalue weighted by atomic mass is 10.2. The van der Waals surface area contributed by atoms with Gasteiger partial charge in [-0.2, -0.15) is 15.4 Å². The molecule has 0 saturated carbocycles. The van der Waals surface area contributed by atoms with Crippen molar-refractivity contribution in [1.29, 1.82) is 0 Å². The van der Waals surface area contributed by atoms with Crippen LogP contribution in [0.15, 0.2) is 12.3 Å². The fourth-order valence-electron chi connectivity index (χ4n) is 1.42. The maximum Gasteiger partial charge on any atom is 0.361 e. The van der Waals surface area contributed by atoms with Crippen LogP contribution in [0.5, 0.6) is 0 Å². The fourth-order valence-corrected chi connectivity index (χ4v) is 1.42. The van der Waals surface area contributed by atoms with E-state index in [1.165, 1.54) is 0 Å². The highest BCUT2D eigenvalue weighted by molar-refractivity contribution is 5.93. The molecule has 2 aromatic rings. The van der Waals surface area contributed by atoms with Crippen molar-refractivity contribution in [2.24, 2.45) is 7.05 Å². The minimum atomic E-state index is -0.572. The predicted octanol–water partition coefficient (Wildman–Crippen LogP) is 1.16. The average molecular weight is 249 g/mol. The molecule has 96 valence electrons. The van der Waals surface area contributed by atoms with Gasteiger partial charge in [0, 0.05) is 13.2 Å². The minimum absolute atomic E-state index is 0.142. The Morgan fingerprint density at radius 1 is 1.39 bits per heavy atom. The summed E-state index contributed by atoms with van der Waals surface area (Å²) < 4.78 is 6.88. The lowest BCUT2D eigenvalue weighted by Gasteiger charge is -2.18. The molecule has 0 aliphatic heterocycles. The molecule has 0 unspecified atom stereocenters. The zero-order valence-electron chi connectivity index (χ0n) is 10.8. The lowest BCUT2D eigenvalue weighted by molar-refractivity contribution is 0.00637. The van der Waals surface area contributed by atoms with Crippen LogP contribution in [0.25, 0.3) is 11.4 Å². The normalized spacial score (nSPS) is 11.6. The third kappa shape index (κ3) is 2.55. The number of hydrogen-bond donors (Lipinski definition) is 1. The highest BCUT2D eigenvalue weighted by Gasteiger charge is 2.25. The van der Waals surface area contributed by atoms with E-state index < -0.39 is 11.6 Å². The van der Waals surface area contributed by atoms with E-state index in [9.17, 15) is 4.79 Å². The van der Waals surface area contributed by atoms with Crippen LogP contribution < -0.4 is 0 Å².